The molecule has 1 aliphatic heterocycles. The second-order valence-corrected chi connectivity index (χ2v) is 5.91. The third-order valence-corrected chi connectivity index (χ3v) is 3.78. The summed E-state index contributed by atoms with van der Waals surface area (Å²) >= 11 is 0. The maximum Gasteiger partial charge on any atom is 0.269 e. The number of nitrogens with zero attached hydrogens (tertiary/aromatic N) is 2. The van der Waals surface area contributed by atoms with Crippen molar-refractivity contribution in [3.63, 3.8) is 0 Å². The first-order valence-electron chi connectivity index (χ1n) is 7.77. The molecule has 2 N–H and O–H groups in total. The molecular weight excluding hydrogens is 340 g/mol. The minimum atomic E-state index is -1.12. The number of non-ortho nitro benzene ring substituents is 1. The van der Waals surface area contributed by atoms with E-state index in [-0.39, 0.29) is 23.6 Å². The fraction of sp³-hybridized carbons (Fsp3) is 0.176. The van der Waals surface area contributed by atoms with E-state index in [0.29, 0.717) is 5.69 Å². The molecule has 0 spiro atoms. The van der Waals surface area contributed by atoms with Gasteiger partial charge >= 0.3 is 0 Å². The molecule has 1 fully saturated rings. The zero-order valence-corrected chi connectivity index (χ0v) is 13.8. The van der Waals surface area contributed by atoms with E-state index in [4.69, 9.17) is 4.84 Å². The van der Waals surface area contributed by atoms with Crippen molar-refractivity contribution in [1.29, 1.82) is 0 Å². The Kier molecular flexibility index (Phi) is 4.65. The summed E-state index contributed by atoms with van der Waals surface area (Å²) in [5.41, 5.74) is 4.76. The Balaban J connectivity index is 1.63. The summed E-state index contributed by atoms with van der Waals surface area (Å²) < 4.78 is 0. The Bertz CT molecular complexity index is 840. The number of hydroxylamine groups is 1. The molecule has 0 bridgehead atoms. The summed E-state index contributed by atoms with van der Waals surface area (Å²) in [5.74, 6) is -0.758. The zero-order chi connectivity index (χ0) is 18.7. The van der Waals surface area contributed by atoms with E-state index in [1.54, 1.807) is 31.2 Å². The Labute approximate surface area is 148 Å². The highest BCUT2D eigenvalue weighted by atomic mass is 16.7. The molecule has 9 nitrogen and oxygen atoms in total. The van der Waals surface area contributed by atoms with Crippen molar-refractivity contribution in [1.82, 2.24) is 10.9 Å². The summed E-state index contributed by atoms with van der Waals surface area (Å²) in [6.45, 7) is 1.63. The number of carbonyl (C=O) groups excluding carboxylic acids is 2. The van der Waals surface area contributed by atoms with Crippen LogP contribution in [0.5, 0.6) is 0 Å². The van der Waals surface area contributed by atoms with Crippen LogP contribution in [0.2, 0.25) is 0 Å². The number of nitrogens with one attached hydrogen (secondary N) is 2. The Morgan fingerprint density at radius 3 is 2.46 bits per heavy atom. The molecule has 0 radical (unpaired) electrons. The molecule has 1 heterocycles. The number of carbonyl (C=O) groups is 2. The minimum Gasteiger partial charge on any atom is -0.285 e. The number of nitro benzene ring substituents is 1. The van der Waals surface area contributed by atoms with Crippen molar-refractivity contribution < 1.29 is 19.3 Å². The molecule has 0 aromatic heterocycles. The van der Waals surface area contributed by atoms with Crippen molar-refractivity contribution in [2.24, 2.45) is 0 Å². The number of benzene rings is 2. The standard InChI is InChI=1S/C17H16N4O5/c1-17(11-15(22)20(26-17)13-5-3-2-4-6-13)19-18-16(23)12-7-9-14(10-8-12)21(24)25/h2-10,19H,11H2,1H3,(H,18,23). The van der Waals surface area contributed by atoms with Gasteiger partial charge in [0, 0.05) is 17.7 Å². The minimum absolute atomic E-state index is 0.0163. The molecular formula is C17H16N4O5. The first-order chi connectivity index (χ1) is 12.4. The van der Waals surface area contributed by atoms with Gasteiger partial charge in [0.1, 0.15) is 0 Å². The van der Waals surface area contributed by atoms with Gasteiger partial charge in [0.25, 0.3) is 17.5 Å². The summed E-state index contributed by atoms with van der Waals surface area (Å²) in [4.78, 5) is 40.1. The van der Waals surface area contributed by atoms with Crippen molar-refractivity contribution in [2.45, 2.75) is 19.1 Å². The third-order valence-electron chi connectivity index (χ3n) is 3.78. The van der Waals surface area contributed by atoms with Crippen molar-refractivity contribution >= 4 is 23.2 Å². The third kappa shape index (κ3) is 3.68. The molecule has 1 atom stereocenters. The van der Waals surface area contributed by atoms with Crippen LogP contribution in [0.3, 0.4) is 0 Å². The first kappa shape index (κ1) is 17.5. The zero-order valence-electron chi connectivity index (χ0n) is 13.8. The normalized spacial score (nSPS) is 19.4. The fourth-order valence-electron chi connectivity index (χ4n) is 2.47. The maximum absolute atomic E-state index is 12.2. The average molecular weight is 356 g/mol. The maximum atomic E-state index is 12.2. The van der Waals surface area contributed by atoms with Crippen LogP contribution in [-0.2, 0) is 9.63 Å². The van der Waals surface area contributed by atoms with Crippen LogP contribution in [0.4, 0.5) is 11.4 Å². The van der Waals surface area contributed by atoms with Crippen LogP contribution in [0.25, 0.3) is 0 Å². The molecule has 0 saturated carbocycles. The molecule has 1 saturated heterocycles. The van der Waals surface area contributed by atoms with Gasteiger partial charge in [-0.1, -0.05) is 18.2 Å². The van der Waals surface area contributed by atoms with Gasteiger partial charge in [-0.15, -0.1) is 0 Å². The van der Waals surface area contributed by atoms with Gasteiger partial charge in [0.15, 0.2) is 5.72 Å². The van der Waals surface area contributed by atoms with E-state index in [1.165, 1.54) is 29.3 Å². The highest BCUT2D eigenvalue weighted by molar-refractivity contribution is 5.95. The SMILES string of the molecule is CC1(NNC(=O)c2ccc([N+](=O)[O-])cc2)CC(=O)N(c2ccccc2)O1. The van der Waals surface area contributed by atoms with Gasteiger partial charge in [-0.3, -0.25) is 25.1 Å². The van der Waals surface area contributed by atoms with Gasteiger partial charge in [-0.2, -0.15) is 5.06 Å². The Hall–Kier alpha value is -3.30. The summed E-state index contributed by atoms with van der Waals surface area (Å²) in [6, 6.07) is 14.0. The summed E-state index contributed by atoms with van der Waals surface area (Å²) in [5, 5.41) is 11.8. The Morgan fingerprint density at radius 1 is 1.19 bits per heavy atom. The molecule has 0 aliphatic carbocycles. The second-order valence-electron chi connectivity index (χ2n) is 5.91. The topological polar surface area (TPSA) is 114 Å². The van der Waals surface area contributed by atoms with Crippen LogP contribution in [0, 0.1) is 10.1 Å². The number of hydrogen-bond donors (Lipinski definition) is 2. The molecule has 1 aliphatic rings. The Morgan fingerprint density at radius 2 is 1.85 bits per heavy atom. The molecule has 2 aromatic carbocycles. The molecule has 1 unspecified atom stereocenters. The lowest BCUT2D eigenvalue weighted by Gasteiger charge is -2.25. The molecule has 9 heteroatoms. The lowest BCUT2D eigenvalue weighted by Crippen LogP contribution is -2.52. The number of para-hydroxylation sites is 1. The van der Waals surface area contributed by atoms with Crippen molar-refractivity contribution in [3.05, 3.63) is 70.3 Å². The number of nitro groups is 1. The molecule has 134 valence electrons. The quantitative estimate of drug-likeness (QED) is 0.625. The van der Waals surface area contributed by atoms with Crippen LogP contribution in [0.15, 0.2) is 54.6 Å². The summed E-state index contributed by atoms with van der Waals surface area (Å²) in [7, 11) is 0. The van der Waals surface area contributed by atoms with E-state index in [9.17, 15) is 19.7 Å². The van der Waals surface area contributed by atoms with Crippen molar-refractivity contribution in [3.8, 4) is 0 Å². The van der Waals surface area contributed by atoms with E-state index in [2.05, 4.69) is 10.9 Å². The van der Waals surface area contributed by atoms with E-state index in [0.717, 1.165) is 0 Å². The first-order valence-corrected chi connectivity index (χ1v) is 7.77. The van der Waals surface area contributed by atoms with Gasteiger partial charge in [0.2, 0.25) is 0 Å². The molecule has 3 rings (SSSR count). The number of hydrazine groups is 1. The fourth-order valence-corrected chi connectivity index (χ4v) is 2.47. The van der Waals surface area contributed by atoms with Gasteiger partial charge in [0.05, 0.1) is 17.0 Å². The molecule has 2 amide bonds. The molecule has 2 aromatic rings. The second kappa shape index (κ2) is 6.90. The number of rotatable bonds is 5. The smallest absolute Gasteiger partial charge is 0.269 e. The highest BCUT2D eigenvalue weighted by Gasteiger charge is 2.42. The predicted octanol–water partition coefficient (Wildman–Crippen LogP) is 1.91. The van der Waals surface area contributed by atoms with E-state index >= 15 is 0 Å². The van der Waals surface area contributed by atoms with Crippen LogP contribution in [-0.4, -0.2) is 22.5 Å². The van der Waals surface area contributed by atoms with E-state index < -0.39 is 16.6 Å². The average Bonchev–Trinajstić information content (AvgIpc) is 2.95. The van der Waals surface area contributed by atoms with E-state index in [1.807, 2.05) is 6.07 Å². The molecule has 26 heavy (non-hydrogen) atoms. The lowest BCUT2D eigenvalue weighted by atomic mass is 10.2. The number of anilines is 1. The summed E-state index contributed by atoms with van der Waals surface area (Å²) in [6.07, 6.45) is 0.0163. The van der Waals surface area contributed by atoms with Crippen molar-refractivity contribution in [2.75, 3.05) is 5.06 Å². The predicted molar refractivity (Wildman–Crippen MR) is 91.7 cm³/mol. The monoisotopic (exact) mass is 356 g/mol. The van der Waals surface area contributed by atoms with Gasteiger partial charge in [-0.05, 0) is 31.2 Å². The van der Waals surface area contributed by atoms with Crippen LogP contribution < -0.4 is 15.9 Å². The largest absolute Gasteiger partial charge is 0.285 e. The lowest BCUT2D eigenvalue weighted by molar-refractivity contribution is -0.384. The highest BCUT2D eigenvalue weighted by Crippen LogP contribution is 2.28. The van der Waals surface area contributed by atoms with Gasteiger partial charge in [-0.25, -0.2) is 10.3 Å². The van der Waals surface area contributed by atoms with Crippen LogP contribution in [0.1, 0.15) is 23.7 Å². The van der Waals surface area contributed by atoms with Gasteiger partial charge < -0.3 is 0 Å². The van der Waals surface area contributed by atoms with Crippen LogP contribution >= 0.6 is 0 Å². The number of hydrogen-bond acceptors (Lipinski definition) is 6. The number of amides is 2.